The molecule has 11 aromatic carbocycles. The lowest BCUT2D eigenvalue weighted by Gasteiger charge is -2.18. The van der Waals surface area contributed by atoms with Crippen molar-refractivity contribution < 1.29 is 4.42 Å². The molecule has 2 heteroatoms. The summed E-state index contributed by atoms with van der Waals surface area (Å²) < 4.78 is 9.73. The molecule has 0 bridgehead atoms. The van der Waals surface area contributed by atoms with Gasteiger partial charge in [0, 0.05) is 42.1 Å². The summed E-state index contributed by atoms with van der Waals surface area (Å²) in [6.07, 6.45) is 0. The summed E-state index contributed by atoms with van der Waals surface area (Å²) in [6.45, 7) is 0. The molecule has 13 aromatic rings. The van der Waals surface area contributed by atoms with Crippen LogP contribution in [0.15, 0.2) is 211 Å². The highest BCUT2D eigenvalue weighted by Gasteiger charge is 2.24. The molecule has 0 saturated carbocycles. The van der Waals surface area contributed by atoms with Gasteiger partial charge in [-0.15, -0.1) is 11.3 Å². The van der Waals surface area contributed by atoms with Crippen LogP contribution >= 0.6 is 11.3 Å². The van der Waals surface area contributed by atoms with E-state index in [1.165, 1.54) is 102 Å². The first kappa shape index (κ1) is 33.5. The van der Waals surface area contributed by atoms with Crippen molar-refractivity contribution in [2.75, 3.05) is 0 Å². The van der Waals surface area contributed by atoms with Crippen LogP contribution in [0.3, 0.4) is 0 Å². The average Bonchev–Trinajstić information content (AvgIpc) is 3.89. The van der Waals surface area contributed by atoms with Crippen molar-refractivity contribution in [3.63, 3.8) is 0 Å². The molecule has 2 heterocycles. The van der Waals surface area contributed by atoms with Gasteiger partial charge in [0.1, 0.15) is 11.2 Å². The zero-order valence-electron chi connectivity index (χ0n) is 32.4. The van der Waals surface area contributed by atoms with E-state index in [0.29, 0.717) is 0 Å². The van der Waals surface area contributed by atoms with E-state index in [9.17, 15) is 0 Å². The molecule has 278 valence electrons. The van der Waals surface area contributed by atoms with Gasteiger partial charge in [-0.05, 0) is 94.7 Å². The average molecular weight is 779 g/mol. The lowest BCUT2D eigenvalue weighted by atomic mass is 9.84. The summed E-state index contributed by atoms with van der Waals surface area (Å²) >= 11 is 1.87. The number of hydrogen-bond acceptors (Lipinski definition) is 2. The van der Waals surface area contributed by atoms with Crippen LogP contribution in [-0.4, -0.2) is 0 Å². The fourth-order valence-corrected chi connectivity index (χ4v) is 11.3. The summed E-state index contributed by atoms with van der Waals surface area (Å²) in [5.74, 6) is 0. The van der Waals surface area contributed by atoms with Gasteiger partial charge in [-0.25, -0.2) is 0 Å². The summed E-state index contributed by atoms with van der Waals surface area (Å²) in [4.78, 5) is 0. The molecule has 0 aliphatic heterocycles. The van der Waals surface area contributed by atoms with Gasteiger partial charge in [-0.3, -0.25) is 0 Å². The van der Waals surface area contributed by atoms with E-state index >= 15 is 0 Å². The number of furan rings is 1. The second-order valence-corrected chi connectivity index (χ2v) is 16.9. The standard InChI is InChI=1S/C58H34OS/c1-2-16-35(17-3-1)53-39-19-4-10-25-45(39)56(46-26-11-5-20-40(46)53)48-28-14-29-49-57-47(27-15-30-50(57)59-58(48)49)55-43-23-8-6-21-41(43)54(42-22-7-9-24-44(42)55)36-32-33-38-37-18-12-13-31-51(37)60-52(38)34-36/h1-34H. The smallest absolute Gasteiger partial charge is 0.143 e. The fraction of sp³-hybridized carbons (Fsp3) is 0. The maximum Gasteiger partial charge on any atom is 0.143 e. The zero-order chi connectivity index (χ0) is 39.3. The molecule has 0 atom stereocenters. The van der Waals surface area contributed by atoms with Crippen molar-refractivity contribution >= 4 is 96.5 Å². The normalized spacial score (nSPS) is 12.0. The predicted molar refractivity (Wildman–Crippen MR) is 258 cm³/mol. The van der Waals surface area contributed by atoms with Crippen molar-refractivity contribution in [2.24, 2.45) is 0 Å². The Kier molecular flexibility index (Phi) is 7.24. The number of thiophene rings is 1. The molecule has 0 fully saturated rings. The Morgan fingerprint density at radius 3 is 1.35 bits per heavy atom. The first-order chi connectivity index (χ1) is 29.8. The fourth-order valence-electron chi connectivity index (χ4n) is 10.2. The van der Waals surface area contributed by atoms with E-state index in [1.807, 2.05) is 11.3 Å². The number of para-hydroxylation sites is 1. The van der Waals surface area contributed by atoms with Crippen LogP contribution in [0.4, 0.5) is 0 Å². The Hall–Kier alpha value is -7.52. The highest BCUT2D eigenvalue weighted by atomic mass is 32.1. The quantitative estimate of drug-likeness (QED) is 0.162. The van der Waals surface area contributed by atoms with Gasteiger partial charge in [-0.1, -0.05) is 188 Å². The van der Waals surface area contributed by atoms with Gasteiger partial charge < -0.3 is 4.42 Å². The molecule has 0 amide bonds. The summed E-state index contributed by atoms with van der Waals surface area (Å²) in [5.41, 5.74) is 11.5. The van der Waals surface area contributed by atoms with Crippen LogP contribution < -0.4 is 0 Å². The van der Waals surface area contributed by atoms with Gasteiger partial charge in [0.25, 0.3) is 0 Å². The molecule has 60 heavy (non-hydrogen) atoms. The summed E-state index contributed by atoms with van der Waals surface area (Å²) in [7, 11) is 0. The second-order valence-electron chi connectivity index (χ2n) is 15.8. The van der Waals surface area contributed by atoms with Gasteiger partial charge >= 0.3 is 0 Å². The number of benzene rings is 11. The first-order valence-electron chi connectivity index (χ1n) is 20.6. The lowest BCUT2D eigenvalue weighted by molar-refractivity contribution is 0.670. The zero-order valence-corrected chi connectivity index (χ0v) is 33.3. The molecule has 2 aromatic heterocycles. The Balaban J connectivity index is 1.09. The maximum atomic E-state index is 7.10. The molecule has 0 radical (unpaired) electrons. The minimum atomic E-state index is 0.886. The SMILES string of the molecule is c1ccc(-c2c3ccccc3c(-c3cccc4c3oc3cccc(-c5c6ccccc6c(-c6ccc7c(c6)sc6ccccc67)c6ccccc56)c34)c3ccccc23)cc1. The molecule has 0 spiro atoms. The van der Waals surface area contributed by atoms with E-state index < -0.39 is 0 Å². The number of rotatable bonds is 4. The van der Waals surface area contributed by atoms with Crippen molar-refractivity contribution in [3.8, 4) is 44.5 Å². The highest BCUT2D eigenvalue weighted by molar-refractivity contribution is 7.25. The largest absolute Gasteiger partial charge is 0.455 e. The van der Waals surface area contributed by atoms with E-state index in [4.69, 9.17) is 4.42 Å². The van der Waals surface area contributed by atoms with Crippen LogP contribution in [0.25, 0.3) is 130 Å². The topological polar surface area (TPSA) is 13.1 Å². The summed E-state index contributed by atoms with van der Waals surface area (Å²) in [6, 6.07) is 75.5. The second kappa shape index (κ2) is 13.0. The Labute approximate surface area is 350 Å². The molecule has 0 aliphatic rings. The minimum Gasteiger partial charge on any atom is -0.455 e. The third-order valence-electron chi connectivity index (χ3n) is 12.7. The van der Waals surface area contributed by atoms with Crippen molar-refractivity contribution in [2.45, 2.75) is 0 Å². The van der Waals surface area contributed by atoms with E-state index in [2.05, 4.69) is 206 Å². The van der Waals surface area contributed by atoms with Crippen molar-refractivity contribution in [1.82, 2.24) is 0 Å². The predicted octanol–water partition coefficient (Wildman–Crippen LogP) is 17.2. The van der Waals surface area contributed by atoms with E-state index in [-0.39, 0.29) is 0 Å². The Bertz CT molecular complexity index is 3770. The molecule has 1 nitrogen and oxygen atoms in total. The third-order valence-corrected chi connectivity index (χ3v) is 13.8. The molecule has 0 saturated heterocycles. The van der Waals surface area contributed by atoms with Crippen LogP contribution in [0, 0.1) is 0 Å². The minimum absolute atomic E-state index is 0.886. The Morgan fingerprint density at radius 2 is 0.733 bits per heavy atom. The molecule has 13 rings (SSSR count). The summed E-state index contributed by atoms with van der Waals surface area (Å²) in [5, 5.41) is 14.7. The highest BCUT2D eigenvalue weighted by Crippen LogP contribution is 2.50. The molecule has 0 unspecified atom stereocenters. The third kappa shape index (κ3) is 4.80. The first-order valence-corrected chi connectivity index (χ1v) is 21.4. The van der Waals surface area contributed by atoms with Gasteiger partial charge in [0.05, 0.1) is 0 Å². The monoisotopic (exact) mass is 778 g/mol. The van der Waals surface area contributed by atoms with Gasteiger partial charge in [0.2, 0.25) is 0 Å². The Morgan fingerprint density at radius 1 is 0.283 bits per heavy atom. The van der Waals surface area contributed by atoms with Crippen molar-refractivity contribution in [3.05, 3.63) is 206 Å². The molecular formula is C58H34OS. The molecular weight excluding hydrogens is 745 g/mol. The maximum absolute atomic E-state index is 7.10. The number of hydrogen-bond donors (Lipinski definition) is 0. The number of fused-ring (bicyclic) bond motifs is 10. The van der Waals surface area contributed by atoms with Crippen LogP contribution in [-0.2, 0) is 0 Å². The lowest BCUT2D eigenvalue weighted by Crippen LogP contribution is -1.91. The molecule has 0 aliphatic carbocycles. The molecule has 0 N–H and O–H groups in total. The van der Waals surface area contributed by atoms with Crippen molar-refractivity contribution in [1.29, 1.82) is 0 Å². The van der Waals surface area contributed by atoms with E-state index in [0.717, 1.165) is 27.5 Å². The van der Waals surface area contributed by atoms with Crippen LogP contribution in [0.1, 0.15) is 0 Å². The van der Waals surface area contributed by atoms with Crippen LogP contribution in [0.2, 0.25) is 0 Å². The van der Waals surface area contributed by atoms with Gasteiger partial charge in [-0.2, -0.15) is 0 Å². The van der Waals surface area contributed by atoms with E-state index in [1.54, 1.807) is 0 Å². The van der Waals surface area contributed by atoms with Gasteiger partial charge in [0.15, 0.2) is 0 Å². The van der Waals surface area contributed by atoms with Crippen LogP contribution in [0.5, 0.6) is 0 Å².